The van der Waals surface area contributed by atoms with Crippen LogP contribution in [0.4, 0.5) is 0 Å². The molecule has 0 heterocycles. The molecule has 1 atom stereocenters. The van der Waals surface area contributed by atoms with Crippen LogP contribution < -0.4 is 5.73 Å². The lowest BCUT2D eigenvalue weighted by atomic mass is 9.76. The number of hydrogen-bond acceptors (Lipinski definition) is 3. The maximum Gasteiger partial charge on any atom is 0.317 e. The van der Waals surface area contributed by atoms with Crippen LogP contribution in [0.3, 0.4) is 0 Å². The first-order chi connectivity index (χ1) is 10.1. The molecule has 1 unspecified atom stereocenters. The highest BCUT2D eigenvalue weighted by atomic mass is 16.5. The first-order valence-electron chi connectivity index (χ1n) is 7.96. The standard InChI is InChI=1S/C18H29NO2/c1-4-5-6-7-8-13-18(14-19,17(20)21-3)16-11-9-15(2)10-12-16/h9-12H,4-8,13-14,19H2,1-3H3. The largest absolute Gasteiger partial charge is 0.468 e. The molecular weight excluding hydrogens is 262 g/mol. The maximum atomic E-state index is 12.4. The van der Waals surface area contributed by atoms with E-state index in [1.165, 1.54) is 31.9 Å². The smallest absolute Gasteiger partial charge is 0.317 e. The second-order valence-corrected chi connectivity index (χ2v) is 5.81. The third-order valence-electron chi connectivity index (χ3n) is 4.24. The predicted octanol–water partition coefficient (Wildman–Crippen LogP) is 3.73. The third kappa shape index (κ3) is 4.57. The Morgan fingerprint density at radius 2 is 1.76 bits per heavy atom. The van der Waals surface area contributed by atoms with Gasteiger partial charge < -0.3 is 10.5 Å². The van der Waals surface area contributed by atoms with Crippen LogP contribution in [0, 0.1) is 6.92 Å². The molecule has 0 saturated carbocycles. The summed E-state index contributed by atoms with van der Waals surface area (Å²) < 4.78 is 5.05. The zero-order valence-corrected chi connectivity index (χ0v) is 13.7. The van der Waals surface area contributed by atoms with Crippen molar-refractivity contribution < 1.29 is 9.53 Å². The third-order valence-corrected chi connectivity index (χ3v) is 4.24. The summed E-state index contributed by atoms with van der Waals surface area (Å²) >= 11 is 0. The van der Waals surface area contributed by atoms with Gasteiger partial charge in [0.15, 0.2) is 0 Å². The summed E-state index contributed by atoms with van der Waals surface area (Å²) in [4.78, 5) is 12.4. The summed E-state index contributed by atoms with van der Waals surface area (Å²) in [6, 6.07) is 8.07. The van der Waals surface area contributed by atoms with Gasteiger partial charge in [-0.05, 0) is 18.9 Å². The Bertz CT molecular complexity index is 427. The van der Waals surface area contributed by atoms with Crippen molar-refractivity contribution in [2.24, 2.45) is 5.73 Å². The van der Waals surface area contributed by atoms with Gasteiger partial charge in [0, 0.05) is 6.54 Å². The Hall–Kier alpha value is -1.35. The number of hydrogen-bond donors (Lipinski definition) is 1. The molecule has 118 valence electrons. The molecular formula is C18H29NO2. The summed E-state index contributed by atoms with van der Waals surface area (Å²) in [5.74, 6) is -0.218. The van der Waals surface area contributed by atoms with Gasteiger partial charge in [0.2, 0.25) is 0 Å². The van der Waals surface area contributed by atoms with E-state index in [1.807, 2.05) is 31.2 Å². The molecule has 1 rings (SSSR count). The molecule has 3 heteroatoms. The van der Waals surface area contributed by atoms with E-state index in [0.717, 1.165) is 24.8 Å². The van der Waals surface area contributed by atoms with Crippen LogP contribution in [-0.2, 0) is 14.9 Å². The summed E-state index contributed by atoms with van der Waals surface area (Å²) in [5.41, 5.74) is 7.44. The lowest BCUT2D eigenvalue weighted by Crippen LogP contribution is -2.43. The minimum atomic E-state index is -0.700. The minimum Gasteiger partial charge on any atom is -0.468 e. The lowest BCUT2D eigenvalue weighted by molar-refractivity contribution is -0.147. The number of nitrogens with two attached hydrogens (primary N) is 1. The van der Waals surface area contributed by atoms with E-state index in [0.29, 0.717) is 0 Å². The van der Waals surface area contributed by atoms with Crippen LogP contribution in [0.25, 0.3) is 0 Å². The molecule has 2 N–H and O–H groups in total. The SMILES string of the molecule is CCCCCCCC(CN)(C(=O)OC)c1ccc(C)cc1. The van der Waals surface area contributed by atoms with Crippen LogP contribution >= 0.6 is 0 Å². The van der Waals surface area contributed by atoms with Crippen molar-refractivity contribution in [3.63, 3.8) is 0 Å². The topological polar surface area (TPSA) is 52.3 Å². The predicted molar refractivity (Wildman–Crippen MR) is 87.3 cm³/mol. The van der Waals surface area contributed by atoms with Crippen molar-refractivity contribution >= 4 is 5.97 Å². The summed E-state index contributed by atoms with van der Waals surface area (Å²) in [5, 5.41) is 0. The maximum absolute atomic E-state index is 12.4. The van der Waals surface area contributed by atoms with Crippen molar-refractivity contribution in [1.29, 1.82) is 0 Å². The van der Waals surface area contributed by atoms with Gasteiger partial charge in [-0.15, -0.1) is 0 Å². The number of carbonyl (C=O) groups excluding carboxylic acids is 1. The van der Waals surface area contributed by atoms with E-state index in [-0.39, 0.29) is 12.5 Å². The average molecular weight is 291 g/mol. The van der Waals surface area contributed by atoms with E-state index >= 15 is 0 Å². The number of unbranched alkanes of at least 4 members (excludes halogenated alkanes) is 4. The van der Waals surface area contributed by atoms with Crippen LogP contribution in [0.2, 0.25) is 0 Å². The fourth-order valence-electron chi connectivity index (χ4n) is 2.77. The van der Waals surface area contributed by atoms with Crippen LogP contribution in [-0.4, -0.2) is 19.6 Å². The zero-order valence-electron chi connectivity index (χ0n) is 13.7. The Morgan fingerprint density at radius 1 is 1.14 bits per heavy atom. The van der Waals surface area contributed by atoms with Crippen LogP contribution in [0.5, 0.6) is 0 Å². The normalized spacial score (nSPS) is 13.7. The van der Waals surface area contributed by atoms with Gasteiger partial charge in [-0.1, -0.05) is 68.9 Å². The van der Waals surface area contributed by atoms with E-state index in [2.05, 4.69) is 6.92 Å². The summed E-state index contributed by atoms with van der Waals surface area (Å²) in [7, 11) is 1.44. The molecule has 0 spiro atoms. The van der Waals surface area contributed by atoms with Crippen molar-refractivity contribution in [2.45, 2.75) is 57.8 Å². The average Bonchev–Trinajstić information content (AvgIpc) is 2.51. The van der Waals surface area contributed by atoms with Crippen molar-refractivity contribution in [2.75, 3.05) is 13.7 Å². The molecule has 0 bridgehead atoms. The lowest BCUT2D eigenvalue weighted by Gasteiger charge is -2.30. The van der Waals surface area contributed by atoms with Gasteiger partial charge in [0.1, 0.15) is 5.41 Å². The number of benzene rings is 1. The molecule has 0 amide bonds. The van der Waals surface area contributed by atoms with Gasteiger partial charge in [-0.2, -0.15) is 0 Å². The molecule has 0 radical (unpaired) electrons. The fraction of sp³-hybridized carbons (Fsp3) is 0.611. The quantitative estimate of drug-likeness (QED) is 0.557. The number of methoxy groups -OCH3 is 1. The van der Waals surface area contributed by atoms with E-state index < -0.39 is 5.41 Å². The summed E-state index contributed by atoms with van der Waals surface area (Å²) in [6.45, 7) is 4.53. The fourth-order valence-corrected chi connectivity index (χ4v) is 2.77. The molecule has 1 aromatic carbocycles. The molecule has 0 aromatic heterocycles. The second kappa shape index (κ2) is 8.83. The molecule has 3 nitrogen and oxygen atoms in total. The van der Waals surface area contributed by atoms with Crippen molar-refractivity contribution in [1.82, 2.24) is 0 Å². The van der Waals surface area contributed by atoms with Gasteiger partial charge in [-0.3, -0.25) is 4.79 Å². The number of esters is 1. The first kappa shape index (κ1) is 17.7. The Balaban J connectivity index is 2.88. The van der Waals surface area contributed by atoms with E-state index in [1.54, 1.807) is 0 Å². The Morgan fingerprint density at radius 3 is 2.29 bits per heavy atom. The monoisotopic (exact) mass is 291 g/mol. The number of carbonyl (C=O) groups is 1. The highest BCUT2D eigenvalue weighted by Gasteiger charge is 2.39. The van der Waals surface area contributed by atoms with Gasteiger partial charge >= 0.3 is 5.97 Å². The molecule has 0 aliphatic rings. The molecule has 0 saturated heterocycles. The number of ether oxygens (including phenoxy) is 1. The van der Waals surface area contributed by atoms with Crippen molar-refractivity contribution in [3.05, 3.63) is 35.4 Å². The zero-order chi connectivity index (χ0) is 15.7. The number of rotatable bonds is 9. The van der Waals surface area contributed by atoms with Gasteiger partial charge in [0.05, 0.1) is 7.11 Å². The molecule has 0 fully saturated rings. The van der Waals surface area contributed by atoms with Crippen LogP contribution in [0.15, 0.2) is 24.3 Å². The van der Waals surface area contributed by atoms with E-state index in [9.17, 15) is 4.79 Å². The summed E-state index contributed by atoms with van der Waals surface area (Å²) in [6.07, 6.45) is 6.57. The van der Waals surface area contributed by atoms with Crippen LogP contribution in [0.1, 0.15) is 56.6 Å². The second-order valence-electron chi connectivity index (χ2n) is 5.81. The number of aryl methyl sites for hydroxylation is 1. The molecule has 0 aliphatic carbocycles. The van der Waals surface area contributed by atoms with E-state index in [4.69, 9.17) is 10.5 Å². The molecule has 0 aliphatic heterocycles. The molecule has 21 heavy (non-hydrogen) atoms. The highest BCUT2D eigenvalue weighted by Crippen LogP contribution is 2.31. The molecule has 1 aromatic rings. The van der Waals surface area contributed by atoms with Crippen molar-refractivity contribution in [3.8, 4) is 0 Å². The highest BCUT2D eigenvalue weighted by molar-refractivity contribution is 5.83. The van der Waals surface area contributed by atoms with Gasteiger partial charge in [0.25, 0.3) is 0 Å². The minimum absolute atomic E-state index is 0.218. The van der Waals surface area contributed by atoms with Gasteiger partial charge in [-0.25, -0.2) is 0 Å². The first-order valence-corrected chi connectivity index (χ1v) is 7.96. The Labute approximate surface area is 128 Å². The Kier molecular flexibility index (Phi) is 7.44.